The molecule has 1 atom stereocenters. The minimum absolute atomic E-state index is 0.194. The molecule has 1 amide bonds. The van der Waals surface area contributed by atoms with E-state index in [1.807, 2.05) is 0 Å². The number of morpholine rings is 1. The Kier molecular flexibility index (Phi) is 4.59. The average Bonchev–Trinajstić information content (AvgIpc) is 2.45. The number of hydrogen-bond donors (Lipinski definition) is 2. The molecule has 1 aliphatic heterocycles. The van der Waals surface area contributed by atoms with Crippen molar-refractivity contribution in [2.45, 2.75) is 6.10 Å². The molecule has 8 heteroatoms. The van der Waals surface area contributed by atoms with Gasteiger partial charge in [0.15, 0.2) is 0 Å². The summed E-state index contributed by atoms with van der Waals surface area (Å²) in [6.45, 7) is 2.09. The Morgan fingerprint density at radius 3 is 3.05 bits per heavy atom. The first kappa shape index (κ1) is 14.4. The number of nitrogens with zero attached hydrogens (tertiary/aromatic N) is 1. The van der Waals surface area contributed by atoms with Crippen molar-refractivity contribution < 1.29 is 18.8 Å². The van der Waals surface area contributed by atoms with Gasteiger partial charge >= 0.3 is 0 Å². The molecule has 0 spiro atoms. The molecule has 0 aliphatic carbocycles. The van der Waals surface area contributed by atoms with Gasteiger partial charge in [-0.2, -0.15) is 0 Å². The van der Waals surface area contributed by atoms with Crippen molar-refractivity contribution in [3.63, 3.8) is 0 Å². The largest absolute Gasteiger partial charge is 0.374 e. The normalized spacial score (nSPS) is 18.6. The molecule has 20 heavy (non-hydrogen) atoms. The second kappa shape index (κ2) is 6.40. The van der Waals surface area contributed by atoms with Gasteiger partial charge in [0, 0.05) is 25.7 Å². The number of nitro groups is 1. The summed E-state index contributed by atoms with van der Waals surface area (Å²) in [5, 5.41) is 16.4. The summed E-state index contributed by atoms with van der Waals surface area (Å²) in [4.78, 5) is 22.0. The van der Waals surface area contributed by atoms with Crippen LogP contribution in [0.15, 0.2) is 18.2 Å². The fourth-order valence-electron chi connectivity index (χ4n) is 1.90. The zero-order chi connectivity index (χ0) is 14.5. The van der Waals surface area contributed by atoms with Crippen LogP contribution in [0.1, 0.15) is 10.4 Å². The number of rotatable bonds is 4. The van der Waals surface area contributed by atoms with E-state index < -0.39 is 22.3 Å². The van der Waals surface area contributed by atoms with Gasteiger partial charge in [-0.1, -0.05) is 0 Å². The van der Waals surface area contributed by atoms with E-state index in [4.69, 9.17) is 4.74 Å². The highest BCUT2D eigenvalue weighted by molar-refractivity contribution is 5.98. The van der Waals surface area contributed by atoms with Crippen LogP contribution in [-0.4, -0.2) is 43.2 Å². The lowest BCUT2D eigenvalue weighted by Crippen LogP contribution is -2.45. The smallest absolute Gasteiger partial charge is 0.282 e. The van der Waals surface area contributed by atoms with Gasteiger partial charge in [0.1, 0.15) is 11.4 Å². The Bertz CT molecular complexity index is 517. The molecule has 2 N–H and O–H groups in total. The van der Waals surface area contributed by atoms with Crippen LogP contribution in [0.25, 0.3) is 0 Å². The minimum Gasteiger partial charge on any atom is -0.374 e. The van der Waals surface area contributed by atoms with E-state index in [9.17, 15) is 19.3 Å². The predicted molar refractivity (Wildman–Crippen MR) is 68.0 cm³/mol. The van der Waals surface area contributed by atoms with Crippen molar-refractivity contribution >= 4 is 11.6 Å². The average molecular weight is 283 g/mol. The molecule has 1 aliphatic rings. The van der Waals surface area contributed by atoms with Crippen molar-refractivity contribution in [3.05, 3.63) is 39.7 Å². The quantitative estimate of drug-likeness (QED) is 0.618. The Labute approximate surface area is 114 Å². The van der Waals surface area contributed by atoms with Crippen LogP contribution >= 0.6 is 0 Å². The Balaban J connectivity index is 2.04. The molecule has 2 rings (SSSR count). The first-order chi connectivity index (χ1) is 9.58. The molecule has 1 aromatic carbocycles. The zero-order valence-corrected chi connectivity index (χ0v) is 10.6. The molecule has 1 unspecified atom stereocenters. The van der Waals surface area contributed by atoms with Crippen LogP contribution in [0.2, 0.25) is 0 Å². The fourth-order valence-corrected chi connectivity index (χ4v) is 1.90. The standard InChI is InChI=1S/C12H14FN3O4/c13-8-1-2-11(16(18)19)10(5-8)12(17)15-7-9-6-14-3-4-20-9/h1-2,5,9,14H,3-4,6-7H2,(H,15,17). The summed E-state index contributed by atoms with van der Waals surface area (Å²) in [6.07, 6.45) is -0.194. The predicted octanol–water partition coefficient (Wildman–Crippen LogP) is 0.452. The Morgan fingerprint density at radius 1 is 1.60 bits per heavy atom. The number of benzene rings is 1. The van der Waals surface area contributed by atoms with Crippen LogP contribution in [0.5, 0.6) is 0 Å². The minimum atomic E-state index is -0.715. The van der Waals surface area contributed by atoms with Crippen LogP contribution in [0, 0.1) is 15.9 Å². The molecule has 1 saturated heterocycles. The number of carbonyl (C=O) groups is 1. The van der Waals surface area contributed by atoms with Crippen molar-refractivity contribution in [3.8, 4) is 0 Å². The highest BCUT2D eigenvalue weighted by Gasteiger charge is 2.22. The van der Waals surface area contributed by atoms with Crippen LogP contribution in [0.4, 0.5) is 10.1 Å². The number of ether oxygens (including phenoxy) is 1. The third-order valence-electron chi connectivity index (χ3n) is 2.89. The third-order valence-corrected chi connectivity index (χ3v) is 2.89. The summed E-state index contributed by atoms with van der Waals surface area (Å²) in [7, 11) is 0. The molecular weight excluding hydrogens is 269 g/mol. The van der Waals surface area contributed by atoms with Crippen molar-refractivity contribution in [2.24, 2.45) is 0 Å². The number of nitro benzene ring substituents is 1. The Hall–Kier alpha value is -2.06. The van der Waals surface area contributed by atoms with E-state index in [-0.39, 0.29) is 18.2 Å². The van der Waals surface area contributed by atoms with E-state index in [1.165, 1.54) is 0 Å². The van der Waals surface area contributed by atoms with E-state index in [0.717, 1.165) is 24.7 Å². The van der Waals surface area contributed by atoms with Gasteiger partial charge in [-0.3, -0.25) is 14.9 Å². The maximum absolute atomic E-state index is 13.1. The first-order valence-electron chi connectivity index (χ1n) is 6.12. The molecule has 0 radical (unpaired) electrons. The van der Waals surface area contributed by atoms with Crippen molar-refractivity contribution in [1.29, 1.82) is 0 Å². The molecule has 0 aromatic heterocycles. The number of halogens is 1. The van der Waals surface area contributed by atoms with E-state index in [2.05, 4.69) is 10.6 Å². The topological polar surface area (TPSA) is 93.5 Å². The number of nitrogens with one attached hydrogen (secondary N) is 2. The van der Waals surface area contributed by atoms with Crippen LogP contribution < -0.4 is 10.6 Å². The summed E-state index contributed by atoms with van der Waals surface area (Å²) in [5.41, 5.74) is -0.717. The number of hydrogen-bond acceptors (Lipinski definition) is 5. The molecular formula is C12H14FN3O4. The maximum Gasteiger partial charge on any atom is 0.282 e. The second-order valence-electron chi connectivity index (χ2n) is 4.33. The highest BCUT2D eigenvalue weighted by atomic mass is 19.1. The van der Waals surface area contributed by atoms with Crippen molar-refractivity contribution in [1.82, 2.24) is 10.6 Å². The molecule has 1 heterocycles. The van der Waals surface area contributed by atoms with Gasteiger partial charge < -0.3 is 15.4 Å². The van der Waals surface area contributed by atoms with Gasteiger partial charge in [0.2, 0.25) is 0 Å². The molecule has 7 nitrogen and oxygen atoms in total. The number of amides is 1. The molecule has 0 saturated carbocycles. The molecule has 1 fully saturated rings. The van der Waals surface area contributed by atoms with Gasteiger partial charge in [-0.25, -0.2) is 4.39 Å². The molecule has 108 valence electrons. The van der Waals surface area contributed by atoms with Crippen LogP contribution in [0.3, 0.4) is 0 Å². The van der Waals surface area contributed by atoms with E-state index in [0.29, 0.717) is 13.2 Å². The lowest BCUT2D eigenvalue weighted by Gasteiger charge is -2.23. The summed E-state index contributed by atoms with van der Waals surface area (Å²) >= 11 is 0. The first-order valence-corrected chi connectivity index (χ1v) is 6.12. The van der Waals surface area contributed by atoms with Gasteiger partial charge in [0.25, 0.3) is 11.6 Å². The lowest BCUT2D eigenvalue weighted by atomic mass is 10.1. The third kappa shape index (κ3) is 3.49. The second-order valence-corrected chi connectivity index (χ2v) is 4.33. The maximum atomic E-state index is 13.1. The van der Waals surface area contributed by atoms with E-state index in [1.54, 1.807) is 0 Å². The zero-order valence-electron chi connectivity index (χ0n) is 10.6. The lowest BCUT2D eigenvalue weighted by molar-refractivity contribution is -0.385. The van der Waals surface area contributed by atoms with Gasteiger partial charge in [-0.15, -0.1) is 0 Å². The summed E-state index contributed by atoms with van der Waals surface area (Å²) < 4.78 is 18.5. The highest BCUT2D eigenvalue weighted by Crippen LogP contribution is 2.19. The number of carbonyl (C=O) groups excluding carboxylic acids is 1. The summed E-state index contributed by atoms with van der Waals surface area (Å²) in [5.74, 6) is -1.39. The van der Waals surface area contributed by atoms with Gasteiger partial charge in [0.05, 0.1) is 17.6 Å². The Morgan fingerprint density at radius 2 is 2.40 bits per heavy atom. The monoisotopic (exact) mass is 283 g/mol. The fraction of sp³-hybridized carbons (Fsp3) is 0.417. The molecule has 0 bridgehead atoms. The van der Waals surface area contributed by atoms with E-state index >= 15 is 0 Å². The van der Waals surface area contributed by atoms with Gasteiger partial charge in [-0.05, 0) is 12.1 Å². The SMILES string of the molecule is O=C(NCC1CNCCO1)c1cc(F)ccc1[N+](=O)[O-]. The summed E-state index contributed by atoms with van der Waals surface area (Å²) in [6, 6.07) is 2.78. The molecule has 1 aromatic rings. The van der Waals surface area contributed by atoms with Crippen molar-refractivity contribution in [2.75, 3.05) is 26.2 Å². The van der Waals surface area contributed by atoms with Crippen LogP contribution in [-0.2, 0) is 4.74 Å².